The molecule has 2 N–H and O–H groups in total. The number of esters is 1. The third kappa shape index (κ3) is 6.07. The first-order valence-electron chi connectivity index (χ1n) is 8.56. The van der Waals surface area contributed by atoms with E-state index in [1.165, 1.54) is 7.11 Å². The molecule has 0 radical (unpaired) electrons. The van der Waals surface area contributed by atoms with Crippen molar-refractivity contribution in [2.75, 3.05) is 13.7 Å². The van der Waals surface area contributed by atoms with Crippen LogP contribution in [0.3, 0.4) is 0 Å². The molecule has 0 unspecified atom stereocenters. The third-order valence-corrected chi connectivity index (χ3v) is 4.08. The van der Waals surface area contributed by atoms with E-state index in [0.29, 0.717) is 12.2 Å². The van der Waals surface area contributed by atoms with Crippen LogP contribution in [-0.4, -0.2) is 30.6 Å². The molecule has 0 saturated heterocycles. The van der Waals surface area contributed by atoms with Gasteiger partial charge in [0.05, 0.1) is 7.11 Å². The zero-order chi connectivity index (χ0) is 19.4. The highest BCUT2D eigenvalue weighted by atomic mass is 16.5. The molecule has 140 valence electrons. The zero-order valence-corrected chi connectivity index (χ0v) is 16.4. The van der Waals surface area contributed by atoms with E-state index in [1.54, 1.807) is 0 Å². The Morgan fingerprint density at radius 2 is 1.52 bits per heavy atom. The van der Waals surface area contributed by atoms with Gasteiger partial charge in [0, 0.05) is 6.42 Å². The maximum atomic E-state index is 11.9. The van der Waals surface area contributed by atoms with Crippen LogP contribution in [0.2, 0.25) is 0 Å². The second kappa shape index (κ2) is 7.89. The van der Waals surface area contributed by atoms with Crippen molar-refractivity contribution in [1.29, 1.82) is 0 Å². The molecular weight excluding hydrogens is 318 g/mol. The number of aromatic hydroxyl groups is 1. The number of nitrogens with one attached hydrogen (secondary N) is 1. The Hall–Kier alpha value is -2.04. The Bertz CT molecular complexity index is 601. The average molecular weight is 349 g/mol. The molecule has 0 spiro atoms. The van der Waals surface area contributed by atoms with E-state index in [0.717, 1.165) is 16.7 Å². The predicted molar refractivity (Wildman–Crippen MR) is 98.9 cm³/mol. The molecule has 25 heavy (non-hydrogen) atoms. The fourth-order valence-corrected chi connectivity index (χ4v) is 2.57. The van der Waals surface area contributed by atoms with Gasteiger partial charge in [0.2, 0.25) is 5.91 Å². The van der Waals surface area contributed by atoms with Crippen molar-refractivity contribution < 1.29 is 19.4 Å². The van der Waals surface area contributed by atoms with Crippen molar-refractivity contribution in [3.05, 3.63) is 28.8 Å². The summed E-state index contributed by atoms with van der Waals surface area (Å²) in [5, 5.41) is 13.2. The van der Waals surface area contributed by atoms with E-state index >= 15 is 0 Å². The summed E-state index contributed by atoms with van der Waals surface area (Å²) in [6.07, 6.45) is 0.814. The fourth-order valence-electron chi connectivity index (χ4n) is 2.57. The summed E-state index contributed by atoms with van der Waals surface area (Å²) in [4.78, 5) is 23.0. The SMILES string of the molecule is COC(=O)CNC(=O)CCc1cc(C(C)(C)C)c(O)c(C(C)(C)C)c1. The maximum absolute atomic E-state index is 11.9. The first-order valence-corrected chi connectivity index (χ1v) is 8.56. The van der Waals surface area contributed by atoms with Gasteiger partial charge in [-0.05, 0) is 33.9 Å². The van der Waals surface area contributed by atoms with Gasteiger partial charge >= 0.3 is 5.97 Å². The van der Waals surface area contributed by atoms with Gasteiger partial charge in [0.1, 0.15) is 12.3 Å². The average Bonchev–Trinajstić information content (AvgIpc) is 2.49. The summed E-state index contributed by atoms with van der Waals surface area (Å²) in [5.74, 6) is -0.338. The van der Waals surface area contributed by atoms with Gasteiger partial charge in [-0.1, -0.05) is 53.7 Å². The van der Waals surface area contributed by atoms with Gasteiger partial charge in [-0.3, -0.25) is 9.59 Å². The van der Waals surface area contributed by atoms with Crippen molar-refractivity contribution in [2.45, 2.75) is 65.2 Å². The highest BCUT2D eigenvalue weighted by Crippen LogP contribution is 2.39. The summed E-state index contributed by atoms with van der Waals surface area (Å²) in [6.45, 7) is 12.2. The van der Waals surface area contributed by atoms with E-state index in [2.05, 4.69) is 51.6 Å². The quantitative estimate of drug-likeness (QED) is 0.801. The Labute approximate surface area is 150 Å². The molecule has 1 amide bonds. The van der Waals surface area contributed by atoms with Crippen molar-refractivity contribution in [3.63, 3.8) is 0 Å². The van der Waals surface area contributed by atoms with Crippen LogP contribution in [0.1, 0.15) is 64.7 Å². The molecule has 0 atom stereocenters. The Balaban J connectivity index is 3.00. The van der Waals surface area contributed by atoms with Gasteiger partial charge < -0.3 is 15.2 Å². The highest BCUT2D eigenvalue weighted by molar-refractivity contribution is 5.81. The monoisotopic (exact) mass is 349 g/mol. The lowest BCUT2D eigenvalue weighted by molar-refractivity contribution is -0.141. The van der Waals surface area contributed by atoms with E-state index in [1.807, 2.05) is 12.1 Å². The summed E-state index contributed by atoms with van der Waals surface area (Å²) in [6, 6.07) is 3.94. The molecule has 0 aliphatic heterocycles. The number of amides is 1. The number of aryl methyl sites for hydroxylation is 1. The van der Waals surface area contributed by atoms with Gasteiger partial charge in [-0.25, -0.2) is 0 Å². The van der Waals surface area contributed by atoms with Crippen molar-refractivity contribution in [1.82, 2.24) is 5.32 Å². The van der Waals surface area contributed by atoms with Gasteiger partial charge in [0.15, 0.2) is 0 Å². The lowest BCUT2D eigenvalue weighted by Crippen LogP contribution is -2.30. The minimum Gasteiger partial charge on any atom is -0.507 e. The number of methoxy groups -OCH3 is 1. The summed E-state index contributed by atoms with van der Waals surface area (Å²) < 4.78 is 4.50. The van der Waals surface area contributed by atoms with Crippen molar-refractivity contribution in [3.8, 4) is 5.75 Å². The molecule has 0 saturated carbocycles. The number of ether oxygens (including phenoxy) is 1. The van der Waals surface area contributed by atoms with Crippen LogP contribution in [0.4, 0.5) is 0 Å². The van der Waals surface area contributed by atoms with Crippen molar-refractivity contribution in [2.24, 2.45) is 0 Å². The van der Waals surface area contributed by atoms with Gasteiger partial charge in [0.25, 0.3) is 0 Å². The minimum atomic E-state index is -0.469. The third-order valence-electron chi connectivity index (χ3n) is 4.08. The first-order chi connectivity index (χ1) is 11.4. The number of carbonyl (C=O) groups is 2. The van der Waals surface area contributed by atoms with Crippen LogP contribution >= 0.6 is 0 Å². The minimum absolute atomic E-state index is 0.120. The number of phenols is 1. The smallest absolute Gasteiger partial charge is 0.325 e. The van der Waals surface area contributed by atoms with Crippen LogP contribution < -0.4 is 5.32 Å². The molecule has 0 bridgehead atoms. The standard InChI is InChI=1S/C20H31NO4/c1-19(2,3)14-10-13(11-15(18(14)24)20(4,5)6)8-9-16(22)21-12-17(23)25-7/h10-11,24H,8-9,12H2,1-7H3,(H,21,22). The van der Waals surface area contributed by atoms with E-state index in [4.69, 9.17) is 0 Å². The Morgan fingerprint density at radius 1 is 1.04 bits per heavy atom. The van der Waals surface area contributed by atoms with Gasteiger partial charge in [-0.15, -0.1) is 0 Å². The molecule has 1 aromatic carbocycles. The van der Waals surface area contributed by atoms with E-state index in [-0.39, 0.29) is 29.7 Å². The van der Waals surface area contributed by atoms with E-state index in [9.17, 15) is 14.7 Å². The number of hydrogen-bond acceptors (Lipinski definition) is 4. The van der Waals surface area contributed by atoms with E-state index < -0.39 is 5.97 Å². The normalized spacial score (nSPS) is 12.0. The second-order valence-electron chi connectivity index (χ2n) is 8.39. The molecule has 0 aromatic heterocycles. The number of hydrogen-bond donors (Lipinski definition) is 2. The highest BCUT2D eigenvalue weighted by Gasteiger charge is 2.26. The first kappa shape index (κ1) is 21.0. The number of rotatable bonds is 5. The van der Waals surface area contributed by atoms with Gasteiger partial charge in [-0.2, -0.15) is 0 Å². The molecule has 0 aliphatic carbocycles. The topological polar surface area (TPSA) is 75.6 Å². The molecule has 5 nitrogen and oxygen atoms in total. The molecule has 1 aromatic rings. The predicted octanol–water partition coefficient (Wildman–Crippen LogP) is 3.21. The second-order valence-corrected chi connectivity index (χ2v) is 8.39. The molecule has 5 heteroatoms. The molecule has 0 heterocycles. The lowest BCUT2D eigenvalue weighted by atomic mass is 9.78. The van der Waals surface area contributed by atoms with Crippen LogP contribution in [0.25, 0.3) is 0 Å². The van der Waals surface area contributed by atoms with Crippen LogP contribution in [0.15, 0.2) is 12.1 Å². The Kier molecular flexibility index (Phi) is 6.63. The molecular formula is C20H31NO4. The lowest BCUT2D eigenvalue weighted by Gasteiger charge is -2.28. The molecule has 0 aliphatic rings. The van der Waals surface area contributed by atoms with Crippen LogP contribution in [0.5, 0.6) is 5.75 Å². The van der Waals surface area contributed by atoms with Crippen molar-refractivity contribution >= 4 is 11.9 Å². The fraction of sp³-hybridized carbons (Fsp3) is 0.600. The zero-order valence-electron chi connectivity index (χ0n) is 16.4. The Morgan fingerprint density at radius 3 is 1.92 bits per heavy atom. The molecule has 0 fully saturated rings. The molecule has 1 rings (SSSR count). The summed E-state index contributed by atoms with van der Waals surface area (Å²) in [7, 11) is 1.28. The van der Waals surface area contributed by atoms with Crippen LogP contribution in [-0.2, 0) is 31.6 Å². The number of benzene rings is 1. The number of carbonyl (C=O) groups excluding carboxylic acids is 2. The summed E-state index contributed by atoms with van der Waals surface area (Å²) in [5.41, 5.74) is 2.36. The maximum Gasteiger partial charge on any atom is 0.325 e. The summed E-state index contributed by atoms with van der Waals surface area (Å²) >= 11 is 0. The number of phenolic OH excluding ortho intramolecular Hbond substituents is 1. The van der Waals surface area contributed by atoms with Crippen LogP contribution in [0, 0.1) is 0 Å². The largest absolute Gasteiger partial charge is 0.507 e.